The molecule has 1 unspecified atom stereocenters. The highest BCUT2D eigenvalue weighted by molar-refractivity contribution is 5.82. The summed E-state index contributed by atoms with van der Waals surface area (Å²) in [6, 6.07) is 6.47. The van der Waals surface area contributed by atoms with Crippen LogP contribution >= 0.6 is 0 Å². The molecule has 0 fully saturated rings. The van der Waals surface area contributed by atoms with Crippen LogP contribution in [-0.2, 0) is 4.79 Å². The monoisotopic (exact) mass is 342 g/mol. The fraction of sp³-hybridized carbons (Fsp3) is 0.381. The van der Waals surface area contributed by atoms with Crippen LogP contribution in [0.2, 0.25) is 0 Å². The van der Waals surface area contributed by atoms with Crippen LogP contribution in [0.15, 0.2) is 52.0 Å². The van der Waals surface area contributed by atoms with Crippen molar-refractivity contribution in [3.8, 4) is 5.75 Å². The number of rotatable bonds is 8. The molecular formula is C21H26O4. The fourth-order valence-corrected chi connectivity index (χ4v) is 2.80. The van der Waals surface area contributed by atoms with Gasteiger partial charge in [-0.2, -0.15) is 0 Å². The lowest BCUT2D eigenvalue weighted by Gasteiger charge is -2.08. The number of phenols is 1. The molecule has 0 saturated carbocycles. The van der Waals surface area contributed by atoms with Gasteiger partial charge in [0.15, 0.2) is 0 Å². The maximum absolute atomic E-state index is 11.6. The van der Waals surface area contributed by atoms with Crippen molar-refractivity contribution in [2.45, 2.75) is 52.4 Å². The van der Waals surface area contributed by atoms with Crippen LogP contribution in [0.4, 0.5) is 0 Å². The zero-order chi connectivity index (χ0) is 18.4. The average molecular weight is 342 g/mol. The van der Waals surface area contributed by atoms with Gasteiger partial charge in [-0.15, -0.1) is 0 Å². The summed E-state index contributed by atoms with van der Waals surface area (Å²) < 4.78 is 5.67. The Kier molecular flexibility index (Phi) is 6.45. The molecule has 0 aliphatic heterocycles. The molecule has 0 saturated heterocycles. The van der Waals surface area contributed by atoms with E-state index in [0.717, 1.165) is 18.2 Å². The highest BCUT2D eigenvalue weighted by Gasteiger charge is 2.23. The van der Waals surface area contributed by atoms with Crippen LogP contribution < -0.4 is 0 Å². The van der Waals surface area contributed by atoms with E-state index >= 15 is 0 Å². The highest BCUT2D eigenvalue weighted by atomic mass is 16.4. The van der Waals surface area contributed by atoms with E-state index in [4.69, 9.17) is 4.42 Å². The van der Waals surface area contributed by atoms with Crippen molar-refractivity contribution in [1.82, 2.24) is 0 Å². The van der Waals surface area contributed by atoms with Crippen LogP contribution in [-0.4, -0.2) is 16.2 Å². The topological polar surface area (TPSA) is 70.7 Å². The lowest BCUT2D eigenvalue weighted by atomic mass is 9.98. The first-order valence-corrected chi connectivity index (χ1v) is 8.61. The Balaban J connectivity index is 2.03. The number of aliphatic carboxylic acids is 1. The average Bonchev–Trinajstić information content (AvgIpc) is 2.93. The molecule has 2 aromatic rings. The van der Waals surface area contributed by atoms with Gasteiger partial charge < -0.3 is 14.6 Å². The molecule has 0 amide bonds. The summed E-state index contributed by atoms with van der Waals surface area (Å²) in [7, 11) is 0. The number of carboxylic acids is 1. The molecule has 4 heteroatoms. The number of aromatic hydroxyl groups is 1. The molecule has 134 valence electrons. The summed E-state index contributed by atoms with van der Waals surface area (Å²) in [4.78, 5) is 11.6. The van der Waals surface area contributed by atoms with Crippen molar-refractivity contribution in [2.75, 3.05) is 0 Å². The van der Waals surface area contributed by atoms with Crippen molar-refractivity contribution >= 4 is 16.9 Å². The molecule has 0 radical (unpaired) electrons. The standard InChI is InChI=1S/C21H26O4/c1-14(2)6-4-7-15(3)8-5-9-18(21(23)24)20-13-16-12-17(22)10-11-19(16)25-20/h6,8,10-13,18,22H,4-5,7,9H2,1-3H3,(H,23,24)/b15-8+. The number of furan rings is 1. The van der Waals surface area contributed by atoms with Crippen LogP contribution in [0.5, 0.6) is 5.75 Å². The van der Waals surface area contributed by atoms with Crippen molar-refractivity contribution in [2.24, 2.45) is 0 Å². The third-order valence-corrected chi connectivity index (χ3v) is 4.20. The molecule has 0 aliphatic carbocycles. The van der Waals surface area contributed by atoms with E-state index in [-0.39, 0.29) is 5.75 Å². The smallest absolute Gasteiger partial charge is 0.314 e. The van der Waals surface area contributed by atoms with E-state index in [2.05, 4.69) is 32.9 Å². The third kappa shape index (κ3) is 5.52. The van der Waals surface area contributed by atoms with Gasteiger partial charge in [-0.3, -0.25) is 4.79 Å². The maximum atomic E-state index is 11.6. The van der Waals surface area contributed by atoms with E-state index in [9.17, 15) is 15.0 Å². The molecular weight excluding hydrogens is 316 g/mol. The Morgan fingerprint density at radius 2 is 1.92 bits per heavy atom. The van der Waals surface area contributed by atoms with Crippen molar-refractivity contribution < 1.29 is 19.4 Å². The Morgan fingerprint density at radius 1 is 1.16 bits per heavy atom. The molecule has 4 nitrogen and oxygen atoms in total. The quantitative estimate of drug-likeness (QED) is 0.597. The van der Waals surface area contributed by atoms with Gasteiger partial charge in [0.1, 0.15) is 23.0 Å². The SMILES string of the molecule is CC(C)=CCC/C(C)=C/CCC(C(=O)O)c1cc2cc(O)ccc2o1. The van der Waals surface area contributed by atoms with Crippen LogP contribution in [0.25, 0.3) is 11.0 Å². The van der Waals surface area contributed by atoms with E-state index < -0.39 is 11.9 Å². The van der Waals surface area contributed by atoms with Crippen molar-refractivity contribution in [3.63, 3.8) is 0 Å². The molecule has 2 N–H and O–H groups in total. The molecule has 25 heavy (non-hydrogen) atoms. The van der Waals surface area contributed by atoms with Crippen LogP contribution in [0.3, 0.4) is 0 Å². The molecule has 1 aromatic carbocycles. The first-order valence-electron chi connectivity index (χ1n) is 8.61. The van der Waals surface area contributed by atoms with Gasteiger partial charge >= 0.3 is 5.97 Å². The number of carboxylic acid groups (broad SMARTS) is 1. The number of fused-ring (bicyclic) bond motifs is 1. The first kappa shape index (κ1) is 18.8. The number of benzene rings is 1. The Labute approximate surface area is 148 Å². The molecule has 1 aromatic heterocycles. The predicted molar refractivity (Wildman–Crippen MR) is 99.9 cm³/mol. The zero-order valence-electron chi connectivity index (χ0n) is 15.1. The van der Waals surface area contributed by atoms with Gasteiger partial charge in [-0.25, -0.2) is 0 Å². The summed E-state index contributed by atoms with van der Waals surface area (Å²) in [6.07, 6.45) is 7.51. The molecule has 1 atom stereocenters. The second-order valence-electron chi connectivity index (χ2n) is 6.71. The molecule has 0 aliphatic rings. The summed E-state index contributed by atoms with van der Waals surface area (Å²) >= 11 is 0. The third-order valence-electron chi connectivity index (χ3n) is 4.20. The molecule has 0 bridgehead atoms. The lowest BCUT2D eigenvalue weighted by molar-refractivity contribution is -0.139. The van der Waals surface area contributed by atoms with Gasteiger partial charge in [0.25, 0.3) is 0 Å². The molecule has 2 rings (SSSR count). The second kappa shape index (κ2) is 8.56. The van der Waals surface area contributed by atoms with Gasteiger partial charge in [0.05, 0.1) is 0 Å². The summed E-state index contributed by atoms with van der Waals surface area (Å²) in [5.74, 6) is -0.999. The predicted octanol–water partition coefficient (Wildman–Crippen LogP) is 5.78. The van der Waals surface area contributed by atoms with Crippen LogP contribution in [0, 0.1) is 0 Å². The van der Waals surface area contributed by atoms with Crippen molar-refractivity contribution in [1.29, 1.82) is 0 Å². The number of carbonyl (C=O) groups is 1. The van der Waals surface area contributed by atoms with Crippen LogP contribution in [0.1, 0.15) is 58.1 Å². The van der Waals surface area contributed by atoms with Gasteiger partial charge in [-0.1, -0.05) is 23.3 Å². The summed E-state index contributed by atoms with van der Waals surface area (Å²) in [6.45, 7) is 6.26. The van der Waals surface area contributed by atoms with E-state index in [1.54, 1.807) is 18.2 Å². The van der Waals surface area contributed by atoms with Gasteiger partial charge in [-0.05, 0) is 70.7 Å². The van der Waals surface area contributed by atoms with Gasteiger partial charge in [0, 0.05) is 5.39 Å². The second-order valence-corrected chi connectivity index (χ2v) is 6.71. The van der Waals surface area contributed by atoms with Gasteiger partial charge in [0.2, 0.25) is 0 Å². The normalized spacial score (nSPS) is 13.0. The highest BCUT2D eigenvalue weighted by Crippen LogP contribution is 2.30. The number of phenolic OH excluding ortho intramolecular Hbond substituents is 1. The minimum absolute atomic E-state index is 0.140. The number of allylic oxidation sites excluding steroid dienone is 4. The van der Waals surface area contributed by atoms with E-state index in [0.29, 0.717) is 24.2 Å². The van der Waals surface area contributed by atoms with E-state index in [1.807, 2.05) is 0 Å². The summed E-state index contributed by atoms with van der Waals surface area (Å²) in [5.41, 5.74) is 3.18. The molecule has 0 spiro atoms. The minimum atomic E-state index is -0.890. The summed E-state index contributed by atoms with van der Waals surface area (Å²) in [5, 5.41) is 19.8. The largest absolute Gasteiger partial charge is 0.508 e. The maximum Gasteiger partial charge on any atom is 0.314 e. The van der Waals surface area contributed by atoms with Crippen molar-refractivity contribution in [3.05, 3.63) is 53.3 Å². The number of hydrogen-bond donors (Lipinski definition) is 2. The van der Waals surface area contributed by atoms with E-state index in [1.165, 1.54) is 17.2 Å². The molecule has 1 heterocycles. The Morgan fingerprint density at radius 3 is 2.60 bits per heavy atom. The zero-order valence-corrected chi connectivity index (χ0v) is 15.1. The lowest BCUT2D eigenvalue weighted by Crippen LogP contribution is -2.10. The fourth-order valence-electron chi connectivity index (χ4n) is 2.80. The first-order chi connectivity index (χ1) is 11.9. The Hall–Kier alpha value is -2.49. The minimum Gasteiger partial charge on any atom is -0.508 e. The number of hydrogen-bond acceptors (Lipinski definition) is 3. The Bertz CT molecular complexity index is 791.